The minimum Gasteiger partial charge on any atom is -0.465 e. The van der Waals surface area contributed by atoms with E-state index in [2.05, 4.69) is 4.98 Å². The molecule has 0 aliphatic carbocycles. The van der Waals surface area contributed by atoms with E-state index in [1.807, 2.05) is 56.3 Å². The number of thioether (sulfide) groups is 1. The predicted molar refractivity (Wildman–Crippen MR) is 121 cm³/mol. The van der Waals surface area contributed by atoms with E-state index < -0.39 is 5.25 Å². The number of nitrogens with zero attached hydrogens (tertiary/aromatic N) is 2. The van der Waals surface area contributed by atoms with Gasteiger partial charge in [-0.3, -0.25) is 14.2 Å². The Labute approximate surface area is 178 Å². The van der Waals surface area contributed by atoms with Crippen LogP contribution in [0.15, 0.2) is 52.4 Å². The van der Waals surface area contributed by atoms with E-state index in [9.17, 15) is 9.59 Å². The van der Waals surface area contributed by atoms with E-state index in [1.54, 1.807) is 18.4 Å². The van der Waals surface area contributed by atoms with Crippen molar-refractivity contribution in [2.75, 3.05) is 6.61 Å². The lowest BCUT2D eigenvalue weighted by Crippen LogP contribution is -2.25. The lowest BCUT2D eigenvalue weighted by Gasteiger charge is -2.17. The molecule has 0 saturated carbocycles. The average molecular weight is 422 g/mol. The standard InChI is InChI=1S/C23H23N3O3S/c1-5-29-22(28)15(4)30-23-25-19-16-10-6-7-11-17(16)24-20(19)21(27)26(23)18-12-8-9-13(2)14(18)3/h6-12,15,24H,5H2,1-4H3. The molecule has 1 atom stereocenters. The predicted octanol–water partition coefficient (Wildman–Crippen LogP) is 4.53. The molecule has 2 aromatic carbocycles. The third-order valence-electron chi connectivity index (χ3n) is 5.21. The molecule has 30 heavy (non-hydrogen) atoms. The van der Waals surface area contributed by atoms with Gasteiger partial charge in [0, 0.05) is 10.9 Å². The molecule has 2 heterocycles. The first-order valence-electron chi connectivity index (χ1n) is 9.85. The number of carbonyl (C=O) groups excluding carboxylic acids is 1. The molecule has 6 nitrogen and oxygen atoms in total. The number of hydrogen-bond donors (Lipinski definition) is 1. The van der Waals surface area contributed by atoms with Crippen LogP contribution in [0.3, 0.4) is 0 Å². The second-order valence-corrected chi connectivity index (χ2v) is 8.47. The molecule has 0 spiro atoms. The smallest absolute Gasteiger partial charge is 0.319 e. The second kappa shape index (κ2) is 7.99. The summed E-state index contributed by atoms with van der Waals surface area (Å²) in [6.45, 7) is 7.84. The number of carbonyl (C=O) groups is 1. The van der Waals surface area contributed by atoms with E-state index in [1.165, 1.54) is 11.8 Å². The van der Waals surface area contributed by atoms with Crippen LogP contribution in [0.1, 0.15) is 25.0 Å². The lowest BCUT2D eigenvalue weighted by molar-refractivity contribution is -0.142. The monoisotopic (exact) mass is 421 g/mol. The topological polar surface area (TPSA) is 77.0 Å². The molecule has 1 N–H and O–H groups in total. The highest BCUT2D eigenvalue weighted by Crippen LogP contribution is 2.30. The maximum atomic E-state index is 13.6. The Morgan fingerprint density at radius 2 is 1.97 bits per heavy atom. The minimum absolute atomic E-state index is 0.191. The lowest BCUT2D eigenvalue weighted by atomic mass is 10.1. The summed E-state index contributed by atoms with van der Waals surface area (Å²) in [6.07, 6.45) is 0. The van der Waals surface area contributed by atoms with Crippen LogP contribution in [-0.4, -0.2) is 32.4 Å². The third-order valence-corrected chi connectivity index (χ3v) is 6.24. The summed E-state index contributed by atoms with van der Waals surface area (Å²) >= 11 is 1.23. The van der Waals surface area contributed by atoms with Crippen LogP contribution in [0, 0.1) is 13.8 Å². The Morgan fingerprint density at radius 3 is 2.73 bits per heavy atom. The Bertz CT molecular complexity index is 1320. The summed E-state index contributed by atoms with van der Waals surface area (Å²) in [5.41, 5.74) is 4.54. The molecule has 1 unspecified atom stereocenters. The summed E-state index contributed by atoms with van der Waals surface area (Å²) in [7, 11) is 0. The van der Waals surface area contributed by atoms with Crippen LogP contribution in [-0.2, 0) is 9.53 Å². The fraction of sp³-hybridized carbons (Fsp3) is 0.261. The molecule has 2 aromatic heterocycles. The van der Waals surface area contributed by atoms with Gasteiger partial charge in [0.2, 0.25) is 0 Å². The van der Waals surface area contributed by atoms with Gasteiger partial charge < -0.3 is 9.72 Å². The first kappa shape index (κ1) is 20.2. The van der Waals surface area contributed by atoms with Crippen molar-refractivity contribution in [2.24, 2.45) is 0 Å². The number of aromatic nitrogens is 3. The molecule has 0 saturated heterocycles. The van der Waals surface area contributed by atoms with E-state index in [0.717, 1.165) is 27.7 Å². The average Bonchev–Trinajstić information content (AvgIpc) is 3.10. The van der Waals surface area contributed by atoms with Gasteiger partial charge in [0.05, 0.1) is 12.3 Å². The molecule has 0 aliphatic rings. The van der Waals surface area contributed by atoms with Crippen LogP contribution in [0.2, 0.25) is 0 Å². The van der Waals surface area contributed by atoms with Crippen LogP contribution in [0.5, 0.6) is 0 Å². The number of H-pyrrole nitrogens is 1. The normalized spacial score (nSPS) is 12.4. The molecule has 0 fully saturated rings. The van der Waals surface area contributed by atoms with Crippen molar-refractivity contribution in [1.29, 1.82) is 0 Å². The number of nitrogens with one attached hydrogen (secondary N) is 1. The summed E-state index contributed by atoms with van der Waals surface area (Å²) in [5, 5.41) is 0.839. The highest BCUT2D eigenvalue weighted by Gasteiger charge is 2.23. The van der Waals surface area contributed by atoms with Crippen molar-refractivity contribution in [1.82, 2.24) is 14.5 Å². The number of ether oxygens (including phenoxy) is 1. The number of hydrogen-bond acceptors (Lipinski definition) is 5. The van der Waals surface area contributed by atoms with E-state index in [4.69, 9.17) is 9.72 Å². The van der Waals surface area contributed by atoms with Gasteiger partial charge in [0.1, 0.15) is 16.3 Å². The van der Waals surface area contributed by atoms with Gasteiger partial charge in [0.25, 0.3) is 5.56 Å². The number of benzene rings is 2. The van der Waals surface area contributed by atoms with Gasteiger partial charge in [-0.15, -0.1) is 0 Å². The number of para-hydroxylation sites is 1. The number of esters is 1. The second-order valence-electron chi connectivity index (χ2n) is 7.16. The molecular weight excluding hydrogens is 398 g/mol. The highest BCUT2D eigenvalue weighted by atomic mass is 32.2. The molecule has 7 heteroatoms. The molecular formula is C23H23N3O3S. The van der Waals surface area contributed by atoms with Gasteiger partial charge >= 0.3 is 5.97 Å². The third kappa shape index (κ3) is 3.39. The van der Waals surface area contributed by atoms with Crippen molar-refractivity contribution in [3.63, 3.8) is 0 Å². The van der Waals surface area contributed by atoms with E-state index in [0.29, 0.717) is 22.8 Å². The van der Waals surface area contributed by atoms with Gasteiger partial charge in [-0.1, -0.05) is 42.1 Å². The van der Waals surface area contributed by atoms with E-state index >= 15 is 0 Å². The number of aromatic amines is 1. The zero-order valence-electron chi connectivity index (χ0n) is 17.4. The SMILES string of the molecule is CCOC(=O)C(C)Sc1nc2c([nH]c3ccccc32)c(=O)n1-c1cccc(C)c1C. The van der Waals surface area contributed by atoms with Crippen LogP contribution in [0.25, 0.3) is 27.6 Å². The summed E-state index contributed by atoms with van der Waals surface area (Å²) in [6, 6.07) is 13.5. The zero-order chi connectivity index (χ0) is 21.4. The van der Waals surface area contributed by atoms with Crippen LogP contribution < -0.4 is 5.56 Å². The number of rotatable bonds is 5. The zero-order valence-corrected chi connectivity index (χ0v) is 18.2. The highest BCUT2D eigenvalue weighted by molar-refractivity contribution is 8.00. The largest absolute Gasteiger partial charge is 0.465 e. The first-order chi connectivity index (χ1) is 14.4. The van der Waals surface area contributed by atoms with Gasteiger partial charge in [-0.25, -0.2) is 4.98 Å². The fourth-order valence-electron chi connectivity index (χ4n) is 3.48. The minimum atomic E-state index is -0.504. The number of aryl methyl sites for hydroxylation is 1. The van der Waals surface area contributed by atoms with Gasteiger partial charge in [-0.2, -0.15) is 0 Å². The first-order valence-corrected chi connectivity index (χ1v) is 10.7. The summed E-state index contributed by atoms with van der Waals surface area (Å²) in [4.78, 5) is 33.9. The van der Waals surface area contributed by atoms with Crippen molar-refractivity contribution in [3.05, 3.63) is 63.9 Å². The molecule has 4 rings (SSSR count). The molecule has 0 bridgehead atoms. The Kier molecular flexibility index (Phi) is 5.39. The van der Waals surface area contributed by atoms with Crippen LogP contribution >= 0.6 is 11.8 Å². The molecule has 0 amide bonds. The Hall–Kier alpha value is -3.06. The number of fused-ring (bicyclic) bond motifs is 3. The van der Waals surface area contributed by atoms with Crippen molar-refractivity contribution in [2.45, 2.75) is 38.1 Å². The molecule has 4 aromatic rings. The molecule has 154 valence electrons. The van der Waals surface area contributed by atoms with Crippen molar-refractivity contribution in [3.8, 4) is 5.69 Å². The fourth-order valence-corrected chi connectivity index (χ4v) is 4.39. The Balaban J connectivity index is 2.01. The Morgan fingerprint density at radius 1 is 1.20 bits per heavy atom. The summed E-state index contributed by atoms with van der Waals surface area (Å²) < 4.78 is 6.75. The maximum absolute atomic E-state index is 13.6. The van der Waals surface area contributed by atoms with Crippen LogP contribution in [0.4, 0.5) is 0 Å². The van der Waals surface area contributed by atoms with Gasteiger partial charge in [0.15, 0.2) is 5.16 Å². The van der Waals surface area contributed by atoms with Crippen molar-refractivity contribution < 1.29 is 9.53 Å². The molecule has 0 radical (unpaired) electrons. The van der Waals surface area contributed by atoms with Crippen molar-refractivity contribution >= 4 is 39.7 Å². The van der Waals surface area contributed by atoms with E-state index in [-0.39, 0.29) is 11.5 Å². The molecule has 0 aliphatic heterocycles. The maximum Gasteiger partial charge on any atom is 0.319 e. The summed E-state index contributed by atoms with van der Waals surface area (Å²) in [5.74, 6) is -0.330. The quantitative estimate of drug-likeness (QED) is 0.291. The van der Waals surface area contributed by atoms with Gasteiger partial charge in [-0.05, 0) is 51.0 Å².